The van der Waals surface area contributed by atoms with Crippen LogP contribution in [0, 0.1) is 36.3 Å². The molecule has 2 aromatic rings. The van der Waals surface area contributed by atoms with E-state index in [-0.39, 0.29) is 29.6 Å². The van der Waals surface area contributed by atoms with E-state index in [4.69, 9.17) is 4.74 Å². The number of anilines is 2. The normalized spacial score (nSPS) is 21.5. The highest BCUT2D eigenvalue weighted by molar-refractivity contribution is 6.09. The first kappa shape index (κ1) is 24.0. The molecule has 2 aliphatic rings. The van der Waals surface area contributed by atoms with Crippen LogP contribution in [0.15, 0.2) is 29.4 Å². The van der Waals surface area contributed by atoms with Gasteiger partial charge in [0.25, 0.3) is 0 Å². The highest BCUT2D eigenvalue weighted by Crippen LogP contribution is 2.24. The summed E-state index contributed by atoms with van der Waals surface area (Å²) >= 11 is 0. The summed E-state index contributed by atoms with van der Waals surface area (Å²) in [4.78, 5) is 13.2. The number of aliphatic hydroxyl groups is 1. The number of rotatable bonds is 4. The predicted molar refractivity (Wildman–Crippen MR) is 127 cm³/mol. The SMILES string of the molecule is Cc1nc(NC2CCOCC2)ncc1NC(C#CC1CCC(O)CC1)=Nc1ccc(F)cc1F. The maximum absolute atomic E-state index is 14.2. The van der Waals surface area contributed by atoms with Gasteiger partial charge in [-0.05, 0) is 63.5 Å². The van der Waals surface area contributed by atoms with Crippen molar-refractivity contribution in [2.24, 2.45) is 10.9 Å². The zero-order valence-electron chi connectivity index (χ0n) is 19.2. The molecule has 1 aliphatic carbocycles. The predicted octanol–water partition coefficient (Wildman–Crippen LogP) is 4.35. The third-order valence-corrected chi connectivity index (χ3v) is 6.02. The molecule has 1 aromatic carbocycles. The zero-order chi connectivity index (χ0) is 23.9. The monoisotopic (exact) mass is 469 g/mol. The molecule has 1 saturated heterocycles. The van der Waals surface area contributed by atoms with Crippen molar-refractivity contribution in [1.82, 2.24) is 9.97 Å². The minimum absolute atomic E-state index is 0.0198. The second-order valence-electron chi connectivity index (χ2n) is 8.68. The van der Waals surface area contributed by atoms with Gasteiger partial charge in [-0.25, -0.2) is 23.7 Å². The lowest BCUT2D eigenvalue weighted by atomic mass is 9.88. The van der Waals surface area contributed by atoms with Crippen molar-refractivity contribution in [2.45, 2.75) is 57.6 Å². The van der Waals surface area contributed by atoms with Crippen LogP contribution < -0.4 is 10.6 Å². The molecule has 34 heavy (non-hydrogen) atoms. The number of ether oxygens (including phenoxy) is 1. The molecule has 1 aromatic heterocycles. The molecule has 0 atom stereocenters. The van der Waals surface area contributed by atoms with Gasteiger partial charge in [-0.2, -0.15) is 0 Å². The molecule has 9 heteroatoms. The van der Waals surface area contributed by atoms with Crippen molar-refractivity contribution in [3.05, 3.63) is 41.7 Å². The zero-order valence-corrected chi connectivity index (χ0v) is 19.2. The van der Waals surface area contributed by atoms with Crippen LogP contribution in [0.25, 0.3) is 0 Å². The third kappa shape index (κ3) is 6.72. The number of nitrogens with zero attached hydrogens (tertiary/aromatic N) is 3. The molecule has 0 spiro atoms. The summed E-state index contributed by atoms with van der Waals surface area (Å²) in [7, 11) is 0. The number of hydrogen-bond acceptors (Lipinski definition) is 6. The van der Waals surface area contributed by atoms with Crippen LogP contribution in [-0.4, -0.2) is 46.3 Å². The molecule has 1 saturated carbocycles. The molecule has 4 rings (SSSR count). The van der Waals surface area contributed by atoms with Crippen LogP contribution in [0.2, 0.25) is 0 Å². The number of benzene rings is 1. The van der Waals surface area contributed by atoms with E-state index < -0.39 is 11.6 Å². The van der Waals surface area contributed by atoms with Gasteiger partial charge in [-0.15, -0.1) is 0 Å². The Morgan fingerprint density at radius 1 is 1.15 bits per heavy atom. The smallest absolute Gasteiger partial charge is 0.223 e. The molecule has 0 amide bonds. The molecule has 7 nitrogen and oxygen atoms in total. The summed E-state index contributed by atoms with van der Waals surface area (Å²) in [6.45, 7) is 3.27. The Balaban J connectivity index is 1.54. The van der Waals surface area contributed by atoms with Crippen LogP contribution >= 0.6 is 0 Å². The van der Waals surface area contributed by atoms with Gasteiger partial charge in [-0.1, -0.05) is 5.92 Å². The molecular weight excluding hydrogens is 440 g/mol. The lowest BCUT2D eigenvalue weighted by Gasteiger charge is -2.23. The lowest BCUT2D eigenvalue weighted by molar-refractivity contribution is 0.0903. The first-order valence-corrected chi connectivity index (χ1v) is 11.6. The number of hydrogen-bond donors (Lipinski definition) is 3. The minimum Gasteiger partial charge on any atom is -0.393 e. The molecule has 2 fully saturated rings. The van der Waals surface area contributed by atoms with Gasteiger partial charge in [0, 0.05) is 31.2 Å². The second-order valence-corrected chi connectivity index (χ2v) is 8.68. The topological polar surface area (TPSA) is 91.7 Å². The van der Waals surface area contributed by atoms with Crippen molar-refractivity contribution in [3.8, 4) is 11.8 Å². The maximum atomic E-state index is 14.2. The third-order valence-electron chi connectivity index (χ3n) is 6.02. The average Bonchev–Trinajstić information content (AvgIpc) is 2.82. The van der Waals surface area contributed by atoms with Crippen LogP contribution in [0.4, 0.5) is 26.1 Å². The number of nitrogens with one attached hydrogen (secondary N) is 2. The molecule has 0 unspecified atom stereocenters. The van der Waals surface area contributed by atoms with Gasteiger partial charge in [-0.3, -0.25) is 0 Å². The van der Waals surface area contributed by atoms with Gasteiger partial charge in [0.15, 0.2) is 11.7 Å². The Labute approximate surface area is 198 Å². The number of amidine groups is 1. The first-order valence-electron chi connectivity index (χ1n) is 11.6. The van der Waals surface area contributed by atoms with Gasteiger partial charge in [0.2, 0.25) is 5.95 Å². The number of aliphatic imine (C=N–C) groups is 1. The summed E-state index contributed by atoms with van der Waals surface area (Å²) < 4.78 is 33.0. The summed E-state index contributed by atoms with van der Waals surface area (Å²) in [6, 6.07) is 3.48. The molecule has 0 radical (unpaired) electrons. The van der Waals surface area contributed by atoms with E-state index >= 15 is 0 Å². The summed E-state index contributed by atoms with van der Waals surface area (Å²) in [6.07, 6.45) is 6.17. The quantitative estimate of drug-likeness (QED) is 0.350. The van der Waals surface area contributed by atoms with Crippen LogP contribution in [0.1, 0.15) is 44.2 Å². The molecule has 2 heterocycles. The van der Waals surface area contributed by atoms with Crippen LogP contribution in [-0.2, 0) is 4.74 Å². The van der Waals surface area contributed by atoms with Crippen LogP contribution in [0.5, 0.6) is 0 Å². The minimum atomic E-state index is -0.772. The fraction of sp³-hybridized carbons (Fsp3) is 0.480. The molecule has 1 aliphatic heterocycles. The van der Waals surface area contributed by atoms with E-state index in [9.17, 15) is 13.9 Å². The van der Waals surface area contributed by atoms with Crippen molar-refractivity contribution < 1.29 is 18.6 Å². The Hall–Kier alpha value is -3.09. The van der Waals surface area contributed by atoms with Crippen molar-refractivity contribution in [3.63, 3.8) is 0 Å². The summed E-state index contributed by atoms with van der Waals surface area (Å²) in [5.74, 6) is 5.62. The fourth-order valence-electron chi connectivity index (χ4n) is 3.98. The maximum Gasteiger partial charge on any atom is 0.223 e. The van der Waals surface area contributed by atoms with Gasteiger partial charge in [0.05, 0.1) is 23.7 Å². The number of halogens is 2. The summed E-state index contributed by atoms with van der Waals surface area (Å²) in [5.41, 5.74) is 1.25. The fourth-order valence-corrected chi connectivity index (χ4v) is 3.98. The number of aromatic nitrogens is 2. The Kier molecular flexibility index (Phi) is 8.03. The highest BCUT2D eigenvalue weighted by Gasteiger charge is 2.18. The largest absolute Gasteiger partial charge is 0.393 e. The Bertz CT molecular complexity index is 1080. The average molecular weight is 470 g/mol. The van der Waals surface area contributed by atoms with Crippen LogP contribution in [0.3, 0.4) is 0 Å². The Morgan fingerprint density at radius 2 is 1.91 bits per heavy atom. The standard InChI is InChI=1S/C25H29F2N5O2/c1-16-23(15-28-25(29-16)30-19-10-12-34-13-11-19)32-24(9-4-17-2-6-20(33)7-3-17)31-22-8-5-18(26)14-21(22)27/h5,8,14-15,17,19-20,33H,2-3,6-7,10-13H2,1H3,(H,31,32)(H,28,29,30). The van der Waals surface area contributed by atoms with Gasteiger partial charge < -0.3 is 20.5 Å². The van der Waals surface area contributed by atoms with Crippen molar-refractivity contribution in [1.29, 1.82) is 0 Å². The van der Waals surface area contributed by atoms with Gasteiger partial charge >= 0.3 is 0 Å². The van der Waals surface area contributed by atoms with Crippen molar-refractivity contribution in [2.75, 3.05) is 23.8 Å². The second kappa shape index (κ2) is 11.4. The molecule has 0 bridgehead atoms. The molecular formula is C25H29F2N5O2. The van der Waals surface area contributed by atoms with E-state index in [0.717, 1.165) is 37.8 Å². The highest BCUT2D eigenvalue weighted by atomic mass is 19.1. The first-order chi connectivity index (χ1) is 16.5. The van der Waals surface area contributed by atoms with Gasteiger partial charge in [0.1, 0.15) is 11.5 Å². The molecule has 180 valence electrons. The summed E-state index contributed by atoms with van der Waals surface area (Å²) in [5, 5.41) is 16.2. The van der Waals surface area contributed by atoms with E-state index in [1.54, 1.807) is 6.20 Å². The number of aliphatic hydroxyl groups excluding tert-OH is 1. The molecule has 3 N–H and O–H groups in total. The lowest BCUT2D eigenvalue weighted by Crippen LogP contribution is -2.28. The van der Waals surface area contributed by atoms with E-state index in [1.807, 2.05) is 6.92 Å². The number of aryl methyl sites for hydroxylation is 1. The van der Waals surface area contributed by atoms with Crippen molar-refractivity contribution >= 4 is 23.2 Å². The van der Waals surface area contributed by atoms with E-state index in [2.05, 4.69) is 37.4 Å². The Morgan fingerprint density at radius 3 is 2.62 bits per heavy atom. The van der Waals surface area contributed by atoms with E-state index in [0.29, 0.717) is 43.4 Å². The van der Waals surface area contributed by atoms with E-state index in [1.165, 1.54) is 6.07 Å².